The second-order valence-electron chi connectivity index (χ2n) is 4.75. The van der Waals surface area contributed by atoms with E-state index in [1.807, 2.05) is 6.07 Å². The molecule has 0 spiro atoms. The van der Waals surface area contributed by atoms with Crippen LogP contribution in [0.25, 0.3) is 0 Å². The molecule has 2 rings (SSSR count). The molecule has 1 aromatic carbocycles. The van der Waals surface area contributed by atoms with Crippen molar-refractivity contribution in [3.05, 3.63) is 47.5 Å². The van der Waals surface area contributed by atoms with Crippen molar-refractivity contribution in [2.24, 2.45) is 5.92 Å². The van der Waals surface area contributed by atoms with Crippen molar-refractivity contribution in [3.63, 3.8) is 0 Å². The van der Waals surface area contributed by atoms with Gasteiger partial charge in [-0.15, -0.1) is 0 Å². The predicted molar refractivity (Wildman–Crippen MR) is 71.7 cm³/mol. The predicted octanol–water partition coefficient (Wildman–Crippen LogP) is 2.36. The number of carbonyl (C=O) groups is 2. The molecule has 1 amide bonds. The summed E-state index contributed by atoms with van der Waals surface area (Å²) in [7, 11) is 0. The lowest BCUT2D eigenvalue weighted by molar-refractivity contribution is -0.121. The lowest BCUT2D eigenvalue weighted by Gasteiger charge is -2.09. The van der Waals surface area contributed by atoms with Crippen LogP contribution in [0.1, 0.15) is 35.2 Å². The molecule has 1 unspecified atom stereocenters. The van der Waals surface area contributed by atoms with E-state index in [0.29, 0.717) is 18.9 Å². The molecule has 4 heteroatoms. The third-order valence-corrected chi connectivity index (χ3v) is 3.22. The van der Waals surface area contributed by atoms with Gasteiger partial charge in [0.1, 0.15) is 0 Å². The van der Waals surface area contributed by atoms with Crippen molar-refractivity contribution >= 4 is 11.9 Å². The summed E-state index contributed by atoms with van der Waals surface area (Å²) in [6, 6.07) is 6.61. The molecule has 1 aliphatic carbocycles. The number of hydrogen-bond acceptors (Lipinski definition) is 2. The number of nitrogens with one attached hydrogen (secondary N) is 1. The standard InChI is InChI=1S/C15H17NO3/c17-14(9-11-4-1-2-5-11)16-10-12-6-3-7-13(8-12)15(18)19/h1,3-4,6-8,11H,2,5,9-10H2,(H,16,17)(H,18,19). The Bertz CT molecular complexity index is 508. The highest BCUT2D eigenvalue weighted by molar-refractivity contribution is 5.87. The van der Waals surface area contributed by atoms with Gasteiger partial charge in [-0.05, 0) is 36.5 Å². The quantitative estimate of drug-likeness (QED) is 0.798. The number of amides is 1. The van der Waals surface area contributed by atoms with Crippen molar-refractivity contribution in [2.75, 3.05) is 0 Å². The van der Waals surface area contributed by atoms with Crippen LogP contribution in [-0.4, -0.2) is 17.0 Å². The normalized spacial score (nSPS) is 17.4. The van der Waals surface area contributed by atoms with Crippen LogP contribution in [0.15, 0.2) is 36.4 Å². The fourth-order valence-electron chi connectivity index (χ4n) is 2.19. The summed E-state index contributed by atoms with van der Waals surface area (Å²) in [4.78, 5) is 22.6. The third-order valence-electron chi connectivity index (χ3n) is 3.22. The van der Waals surface area contributed by atoms with E-state index in [9.17, 15) is 9.59 Å². The maximum absolute atomic E-state index is 11.7. The van der Waals surface area contributed by atoms with E-state index in [2.05, 4.69) is 17.5 Å². The highest BCUT2D eigenvalue weighted by Crippen LogP contribution is 2.20. The topological polar surface area (TPSA) is 66.4 Å². The maximum atomic E-state index is 11.7. The van der Waals surface area contributed by atoms with Gasteiger partial charge in [-0.1, -0.05) is 24.3 Å². The maximum Gasteiger partial charge on any atom is 0.335 e. The highest BCUT2D eigenvalue weighted by Gasteiger charge is 2.13. The number of allylic oxidation sites excluding steroid dienone is 2. The molecule has 4 nitrogen and oxygen atoms in total. The van der Waals surface area contributed by atoms with Gasteiger partial charge in [0.25, 0.3) is 0 Å². The molecule has 0 aliphatic heterocycles. The Kier molecular flexibility index (Phi) is 4.34. The molecule has 0 radical (unpaired) electrons. The van der Waals surface area contributed by atoms with Crippen LogP contribution in [0.3, 0.4) is 0 Å². The Morgan fingerprint density at radius 1 is 1.37 bits per heavy atom. The van der Waals surface area contributed by atoms with Gasteiger partial charge in [0.05, 0.1) is 5.56 Å². The zero-order valence-corrected chi connectivity index (χ0v) is 10.6. The Labute approximate surface area is 112 Å². The molecular weight excluding hydrogens is 242 g/mol. The van der Waals surface area contributed by atoms with Crippen molar-refractivity contribution < 1.29 is 14.7 Å². The van der Waals surface area contributed by atoms with Gasteiger partial charge in [-0.25, -0.2) is 4.79 Å². The minimum atomic E-state index is -0.954. The van der Waals surface area contributed by atoms with E-state index >= 15 is 0 Å². The summed E-state index contributed by atoms with van der Waals surface area (Å²) in [5.74, 6) is -0.591. The van der Waals surface area contributed by atoms with Crippen molar-refractivity contribution in [1.82, 2.24) is 5.32 Å². The van der Waals surface area contributed by atoms with Gasteiger partial charge >= 0.3 is 5.97 Å². The first-order chi connectivity index (χ1) is 9.15. The van der Waals surface area contributed by atoms with Gasteiger partial charge in [-0.2, -0.15) is 0 Å². The van der Waals surface area contributed by atoms with E-state index in [1.54, 1.807) is 12.1 Å². The molecule has 1 aromatic rings. The number of carbonyl (C=O) groups excluding carboxylic acids is 1. The van der Waals surface area contributed by atoms with Crippen molar-refractivity contribution in [3.8, 4) is 0 Å². The van der Waals surface area contributed by atoms with Gasteiger partial charge in [-0.3, -0.25) is 4.79 Å². The van der Waals surface area contributed by atoms with Crippen LogP contribution < -0.4 is 5.32 Å². The summed E-state index contributed by atoms with van der Waals surface area (Å²) < 4.78 is 0. The van der Waals surface area contributed by atoms with Crippen LogP contribution in [-0.2, 0) is 11.3 Å². The lowest BCUT2D eigenvalue weighted by Crippen LogP contribution is -2.24. The smallest absolute Gasteiger partial charge is 0.335 e. The monoisotopic (exact) mass is 259 g/mol. The van der Waals surface area contributed by atoms with E-state index in [0.717, 1.165) is 18.4 Å². The van der Waals surface area contributed by atoms with Crippen LogP contribution in [0.4, 0.5) is 0 Å². The van der Waals surface area contributed by atoms with Gasteiger partial charge < -0.3 is 10.4 Å². The molecule has 100 valence electrons. The first-order valence-electron chi connectivity index (χ1n) is 6.41. The number of hydrogen-bond donors (Lipinski definition) is 2. The van der Waals surface area contributed by atoms with E-state index in [-0.39, 0.29) is 11.5 Å². The Morgan fingerprint density at radius 2 is 2.21 bits per heavy atom. The zero-order chi connectivity index (χ0) is 13.7. The lowest BCUT2D eigenvalue weighted by atomic mass is 10.0. The average molecular weight is 259 g/mol. The molecule has 0 saturated heterocycles. The Morgan fingerprint density at radius 3 is 2.89 bits per heavy atom. The Balaban J connectivity index is 1.84. The van der Waals surface area contributed by atoms with Crippen molar-refractivity contribution in [2.45, 2.75) is 25.8 Å². The van der Waals surface area contributed by atoms with Crippen LogP contribution >= 0.6 is 0 Å². The van der Waals surface area contributed by atoms with E-state index in [4.69, 9.17) is 5.11 Å². The molecule has 0 aromatic heterocycles. The molecule has 1 aliphatic rings. The minimum absolute atomic E-state index is 0.0114. The minimum Gasteiger partial charge on any atom is -0.478 e. The summed E-state index contributed by atoms with van der Waals surface area (Å²) in [6.45, 7) is 0.371. The fraction of sp³-hybridized carbons (Fsp3) is 0.333. The molecule has 2 N–H and O–H groups in total. The molecule has 0 heterocycles. The highest BCUT2D eigenvalue weighted by atomic mass is 16.4. The summed E-state index contributed by atoms with van der Waals surface area (Å²) in [5.41, 5.74) is 1.04. The number of aromatic carboxylic acids is 1. The Hall–Kier alpha value is -2.10. The summed E-state index contributed by atoms with van der Waals surface area (Å²) in [5, 5.41) is 11.7. The molecule has 1 atom stereocenters. The van der Waals surface area contributed by atoms with E-state index < -0.39 is 5.97 Å². The van der Waals surface area contributed by atoms with E-state index in [1.165, 1.54) is 6.07 Å². The molecule has 0 saturated carbocycles. The molecule has 0 bridgehead atoms. The van der Waals surface area contributed by atoms with Gasteiger partial charge in [0.2, 0.25) is 5.91 Å². The zero-order valence-electron chi connectivity index (χ0n) is 10.6. The van der Waals surface area contributed by atoms with Crippen LogP contribution in [0.2, 0.25) is 0 Å². The second kappa shape index (κ2) is 6.18. The van der Waals surface area contributed by atoms with Crippen molar-refractivity contribution in [1.29, 1.82) is 0 Å². The fourth-order valence-corrected chi connectivity index (χ4v) is 2.19. The third kappa shape index (κ3) is 3.95. The van der Waals surface area contributed by atoms with Gasteiger partial charge in [0, 0.05) is 13.0 Å². The first-order valence-corrected chi connectivity index (χ1v) is 6.41. The van der Waals surface area contributed by atoms with Crippen LogP contribution in [0.5, 0.6) is 0 Å². The van der Waals surface area contributed by atoms with Crippen LogP contribution in [0, 0.1) is 5.92 Å². The largest absolute Gasteiger partial charge is 0.478 e. The number of benzene rings is 1. The number of carboxylic acids is 1. The number of carboxylic acid groups (broad SMARTS) is 1. The molecular formula is C15H17NO3. The second-order valence-corrected chi connectivity index (χ2v) is 4.75. The summed E-state index contributed by atoms with van der Waals surface area (Å²) >= 11 is 0. The first kappa shape index (κ1) is 13.3. The number of rotatable bonds is 5. The average Bonchev–Trinajstić information content (AvgIpc) is 2.89. The summed E-state index contributed by atoms with van der Waals surface area (Å²) in [6.07, 6.45) is 6.80. The molecule has 19 heavy (non-hydrogen) atoms. The SMILES string of the molecule is O=C(CC1C=CCC1)NCc1cccc(C(=O)O)c1. The molecule has 0 fully saturated rings. The van der Waals surface area contributed by atoms with Gasteiger partial charge in [0.15, 0.2) is 0 Å².